The normalized spacial score (nSPS) is 17.2. The number of carbonyl (C=O) groups is 2. The number of aryl methyl sites for hydroxylation is 3. The average molecular weight is 595 g/mol. The van der Waals surface area contributed by atoms with E-state index >= 15 is 0 Å². The molecule has 228 valence electrons. The SMILES string of the molecule is Cc1cc(N2CCC(CNC(=O)c3ccc4c(c3)[C@H](N(C(=O)c3cccnc3C(F)(F)F)C(C)C)CC4)CC2)nc(C)n1. The first-order valence-electron chi connectivity index (χ1n) is 14.8. The van der Waals surface area contributed by atoms with E-state index in [4.69, 9.17) is 0 Å². The van der Waals surface area contributed by atoms with E-state index in [1.807, 2.05) is 26.0 Å². The summed E-state index contributed by atoms with van der Waals surface area (Å²) in [6.45, 7) is 9.68. The molecular formula is C32H37F3N6O2. The summed E-state index contributed by atoms with van der Waals surface area (Å²) in [5.41, 5.74) is 1.55. The van der Waals surface area contributed by atoms with Gasteiger partial charge in [0.2, 0.25) is 0 Å². The van der Waals surface area contributed by atoms with Gasteiger partial charge in [0.15, 0.2) is 5.69 Å². The van der Waals surface area contributed by atoms with E-state index in [9.17, 15) is 22.8 Å². The number of benzene rings is 1. The zero-order valence-electron chi connectivity index (χ0n) is 24.9. The Morgan fingerprint density at radius 1 is 1.07 bits per heavy atom. The van der Waals surface area contributed by atoms with Crippen molar-refractivity contribution in [2.75, 3.05) is 24.5 Å². The summed E-state index contributed by atoms with van der Waals surface area (Å²) >= 11 is 0. The predicted molar refractivity (Wildman–Crippen MR) is 157 cm³/mol. The van der Waals surface area contributed by atoms with Crippen LogP contribution in [0.2, 0.25) is 0 Å². The maximum Gasteiger partial charge on any atom is 0.434 e. The van der Waals surface area contributed by atoms with Gasteiger partial charge in [-0.25, -0.2) is 9.97 Å². The van der Waals surface area contributed by atoms with Crippen LogP contribution in [0.3, 0.4) is 0 Å². The number of alkyl halides is 3. The molecule has 11 heteroatoms. The number of hydrogen-bond acceptors (Lipinski definition) is 6. The number of amides is 2. The van der Waals surface area contributed by atoms with Gasteiger partial charge in [0.05, 0.1) is 11.6 Å². The highest BCUT2D eigenvalue weighted by Gasteiger charge is 2.40. The van der Waals surface area contributed by atoms with Crippen LogP contribution >= 0.6 is 0 Å². The maximum absolute atomic E-state index is 13.7. The van der Waals surface area contributed by atoms with Crippen LogP contribution in [-0.4, -0.2) is 57.3 Å². The number of piperidine rings is 1. The van der Waals surface area contributed by atoms with Crippen LogP contribution in [0, 0.1) is 19.8 Å². The fraction of sp³-hybridized carbons (Fsp3) is 0.469. The van der Waals surface area contributed by atoms with Gasteiger partial charge in [-0.05, 0) is 94.7 Å². The highest BCUT2D eigenvalue weighted by atomic mass is 19.4. The number of aromatic nitrogens is 3. The Labute approximate surface area is 249 Å². The molecular weight excluding hydrogens is 557 g/mol. The molecule has 3 heterocycles. The summed E-state index contributed by atoms with van der Waals surface area (Å²) in [5, 5.41) is 3.08. The van der Waals surface area contributed by atoms with Gasteiger partial charge in [0.1, 0.15) is 11.6 Å². The molecule has 0 bridgehead atoms. The van der Waals surface area contributed by atoms with Crippen molar-refractivity contribution in [2.24, 2.45) is 5.92 Å². The van der Waals surface area contributed by atoms with Gasteiger partial charge in [-0.3, -0.25) is 14.6 Å². The van der Waals surface area contributed by atoms with Crippen LogP contribution in [0.15, 0.2) is 42.6 Å². The van der Waals surface area contributed by atoms with E-state index < -0.39 is 29.4 Å². The molecule has 8 nitrogen and oxygen atoms in total. The Morgan fingerprint density at radius 2 is 1.81 bits per heavy atom. The summed E-state index contributed by atoms with van der Waals surface area (Å²) in [5.74, 6) is 1.11. The monoisotopic (exact) mass is 594 g/mol. The van der Waals surface area contributed by atoms with Crippen molar-refractivity contribution in [2.45, 2.75) is 71.6 Å². The van der Waals surface area contributed by atoms with Crippen molar-refractivity contribution in [3.05, 3.63) is 82.1 Å². The van der Waals surface area contributed by atoms with Crippen molar-refractivity contribution in [3.63, 3.8) is 0 Å². The molecule has 0 radical (unpaired) electrons. The third kappa shape index (κ3) is 6.65. The lowest BCUT2D eigenvalue weighted by molar-refractivity contribution is -0.141. The molecule has 2 aromatic heterocycles. The van der Waals surface area contributed by atoms with Crippen LogP contribution in [0.25, 0.3) is 0 Å². The second kappa shape index (κ2) is 12.3. The predicted octanol–water partition coefficient (Wildman–Crippen LogP) is 5.69. The van der Waals surface area contributed by atoms with E-state index in [2.05, 4.69) is 25.2 Å². The Balaban J connectivity index is 1.26. The summed E-state index contributed by atoms with van der Waals surface area (Å²) in [4.78, 5) is 42.9. The molecule has 2 amide bonds. The summed E-state index contributed by atoms with van der Waals surface area (Å²) < 4.78 is 41.0. The standard InChI is InChI=1S/C32H37F3N6O2/c1-19(2)41(31(43)25-6-5-13-36-29(25)32(33,34)35)27-10-9-23-7-8-24(17-26(23)27)30(42)37-18-22-11-14-40(15-12-22)28-16-20(3)38-21(4)39-28/h5-8,13,16-17,19,22,27H,9-12,14-15,18H2,1-4H3,(H,37,42)/t27-/m1/s1. The van der Waals surface area contributed by atoms with Crippen molar-refractivity contribution < 1.29 is 22.8 Å². The molecule has 1 saturated heterocycles. The summed E-state index contributed by atoms with van der Waals surface area (Å²) in [6.07, 6.45) is -0.628. The summed E-state index contributed by atoms with van der Waals surface area (Å²) in [7, 11) is 0. The molecule has 0 unspecified atom stereocenters. The topological polar surface area (TPSA) is 91.3 Å². The number of anilines is 1. The zero-order chi connectivity index (χ0) is 30.9. The van der Waals surface area contributed by atoms with Crippen molar-refractivity contribution in [3.8, 4) is 0 Å². The lowest BCUT2D eigenvalue weighted by atomic mass is 9.96. The first-order chi connectivity index (χ1) is 20.4. The number of carbonyl (C=O) groups excluding carboxylic acids is 2. The second-order valence-corrected chi connectivity index (χ2v) is 11.7. The third-order valence-corrected chi connectivity index (χ3v) is 8.33. The van der Waals surface area contributed by atoms with Crippen molar-refractivity contribution >= 4 is 17.6 Å². The number of fused-ring (bicyclic) bond motifs is 1. The first kappa shape index (κ1) is 30.4. The van der Waals surface area contributed by atoms with E-state index in [-0.39, 0.29) is 11.9 Å². The Morgan fingerprint density at radius 3 is 2.49 bits per heavy atom. The van der Waals surface area contributed by atoms with Gasteiger partial charge >= 0.3 is 6.18 Å². The van der Waals surface area contributed by atoms with E-state index in [1.54, 1.807) is 26.0 Å². The third-order valence-electron chi connectivity index (χ3n) is 8.33. The Hall–Kier alpha value is -4.02. The minimum atomic E-state index is -4.75. The van der Waals surface area contributed by atoms with Crippen molar-refractivity contribution in [1.29, 1.82) is 0 Å². The lowest BCUT2D eigenvalue weighted by Gasteiger charge is -2.34. The highest BCUT2D eigenvalue weighted by Crippen LogP contribution is 2.39. The Kier molecular flexibility index (Phi) is 8.71. The smallest absolute Gasteiger partial charge is 0.356 e. The zero-order valence-corrected chi connectivity index (χ0v) is 24.9. The van der Waals surface area contributed by atoms with E-state index in [0.717, 1.165) is 60.6 Å². The van der Waals surface area contributed by atoms with Crippen LogP contribution in [0.1, 0.15) is 88.2 Å². The number of hydrogen-bond donors (Lipinski definition) is 1. The number of nitrogens with one attached hydrogen (secondary N) is 1. The second-order valence-electron chi connectivity index (χ2n) is 11.7. The van der Waals surface area contributed by atoms with Crippen molar-refractivity contribution in [1.82, 2.24) is 25.2 Å². The molecule has 1 atom stereocenters. The van der Waals surface area contributed by atoms with Gasteiger partial charge in [-0.1, -0.05) is 6.07 Å². The molecule has 1 fully saturated rings. The quantitative estimate of drug-likeness (QED) is 0.378. The molecule has 2 aliphatic rings. The van der Waals surface area contributed by atoms with Crippen LogP contribution in [0.5, 0.6) is 0 Å². The number of nitrogens with zero attached hydrogens (tertiary/aromatic N) is 5. The fourth-order valence-corrected chi connectivity index (χ4v) is 6.25. The number of rotatable bonds is 7. The van der Waals surface area contributed by atoms with Gasteiger partial charge in [0.25, 0.3) is 11.8 Å². The van der Waals surface area contributed by atoms with Gasteiger partial charge in [-0.15, -0.1) is 0 Å². The Bertz CT molecular complexity index is 1480. The molecule has 5 rings (SSSR count). The first-order valence-corrected chi connectivity index (χ1v) is 14.8. The highest BCUT2D eigenvalue weighted by molar-refractivity contribution is 5.96. The minimum absolute atomic E-state index is 0.202. The molecule has 3 aromatic rings. The fourth-order valence-electron chi connectivity index (χ4n) is 6.25. The average Bonchev–Trinajstić information content (AvgIpc) is 3.38. The van der Waals surface area contributed by atoms with E-state index in [1.165, 1.54) is 17.0 Å². The number of halogens is 3. The molecule has 1 aliphatic carbocycles. The largest absolute Gasteiger partial charge is 0.434 e. The van der Waals surface area contributed by atoms with Crippen LogP contribution < -0.4 is 10.2 Å². The van der Waals surface area contributed by atoms with E-state index in [0.29, 0.717) is 30.9 Å². The van der Waals surface area contributed by atoms with Crippen LogP contribution in [-0.2, 0) is 12.6 Å². The number of pyridine rings is 1. The molecule has 0 saturated carbocycles. The lowest BCUT2D eigenvalue weighted by Crippen LogP contribution is -2.40. The minimum Gasteiger partial charge on any atom is -0.356 e. The molecule has 0 spiro atoms. The summed E-state index contributed by atoms with van der Waals surface area (Å²) in [6, 6.07) is 9.16. The maximum atomic E-state index is 13.7. The molecule has 1 N–H and O–H groups in total. The molecule has 1 aliphatic heterocycles. The van der Waals surface area contributed by atoms with Gasteiger partial charge in [0, 0.05) is 49.2 Å². The van der Waals surface area contributed by atoms with Gasteiger partial charge in [-0.2, -0.15) is 13.2 Å². The van der Waals surface area contributed by atoms with Gasteiger partial charge < -0.3 is 15.1 Å². The molecule has 1 aromatic carbocycles. The molecule has 43 heavy (non-hydrogen) atoms. The van der Waals surface area contributed by atoms with Crippen LogP contribution in [0.4, 0.5) is 19.0 Å².